The number of nitriles is 2. The molecule has 2 aromatic heterocycles. The lowest BCUT2D eigenvalue weighted by atomic mass is 9.96. The minimum absolute atomic E-state index is 0.0677. The maximum Gasteiger partial charge on any atom is 0.413 e. The number of hydrogen-bond acceptors (Lipinski definition) is 7. The zero-order valence-corrected chi connectivity index (χ0v) is 24.2. The lowest BCUT2D eigenvalue weighted by Gasteiger charge is -2.24. The van der Waals surface area contributed by atoms with Gasteiger partial charge in [0, 0.05) is 23.2 Å². The van der Waals surface area contributed by atoms with Gasteiger partial charge in [-0.25, -0.2) is 4.68 Å². The van der Waals surface area contributed by atoms with Gasteiger partial charge in [-0.05, 0) is 60.6 Å². The van der Waals surface area contributed by atoms with Gasteiger partial charge >= 0.3 is 6.18 Å². The molecule has 8 nitrogen and oxygen atoms in total. The molecule has 0 bridgehead atoms. The molecule has 0 aliphatic heterocycles. The minimum Gasteiger partial charge on any atom is -0.383 e. The Balaban J connectivity index is 1.64. The molecule has 1 atom stereocenters. The van der Waals surface area contributed by atoms with Crippen LogP contribution < -0.4 is 10.6 Å². The Morgan fingerprint density at radius 1 is 1.12 bits per heavy atom. The van der Waals surface area contributed by atoms with E-state index in [4.69, 9.17) is 11.6 Å². The highest BCUT2D eigenvalue weighted by molar-refractivity contribution is 6.32. The first-order valence-corrected chi connectivity index (χ1v) is 13.7. The third-order valence-corrected chi connectivity index (χ3v) is 7.58. The SMILES string of the molecule is Cc1cc(C#N)ccc1[C@H](Nc1cc(Cl)cc2c(NCC(C)(C)C)c(C#N)cnc12)c1cn(C2(C(F)(F)F)CC2)nn1. The van der Waals surface area contributed by atoms with Crippen LogP contribution in [0.3, 0.4) is 0 Å². The van der Waals surface area contributed by atoms with E-state index in [1.54, 1.807) is 30.3 Å². The van der Waals surface area contributed by atoms with Crippen molar-refractivity contribution in [2.24, 2.45) is 5.41 Å². The molecular weight excluding hydrogens is 565 g/mol. The summed E-state index contributed by atoms with van der Waals surface area (Å²) in [7, 11) is 0. The molecule has 2 N–H and O–H groups in total. The fourth-order valence-electron chi connectivity index (χ4n) is 4.92. The molecule has 0 unspecified atom stereocenters. The lowest BCUT2D eigenvalue weighted by molar-refractivity contribution is -0.182. The number of fused-ring (bicyclic) bond motifs is 1. The van der Waals surface area contributed by atoms with E-state index in [2.05, 4.69) is 58.8 Å². The van der Waals surface area contributed by atoms with Gasteiger partial charge in [0.05, 0.1) is 46.3 Å². The smallest absolute Gasteiger partial charge is 0.383 e. The summed E-state index contributed by atoms with van der Waals surface area (Å²) in [5.41, 5.74) is 1.91. The van der Waals surface area contributed by atoms with Crippen molar-refractivity contribution in [3.05, 3.63) is 75.7 Å². The molecule has 12 heteroatoms. The van der Waals surface area contributed by atoms with Gasteiger partial charge in [0.15, 0.2) is 5.54 Å². The van der Waals surface area contributed by atoms with Gasteiger partial charge in [-0.3, -0.25) is 4.98 Å². The van der Waals surface area contributed by atoms with E-state index in [1.807, 2.05) is 6.92 Å². The van der Waals surface area contributed by atoms with E-state index in [0.717, 1.165) is 10.2 Å². The number of nitrogens with one attached hydrogen (secondary N) is 2. The van der Waals surface area contributed by atoms with Gasteiger partial charge in [0.1, 0.15) is 11.8 Å². The standard InChI is InChI=1S/C30H28ClF3N8/c1-17-9-18(12-35)5-6-21(17)27(24-15-42(41-40-24)29(7-8-29)30(32,33)34)39-23-11-20(31)10-22-25(38-16-28(2,3)4)19(13-36)14-37-26(22)23/h5-6,9-11,14-15,27,39H,7-8,16H2,1-4H3,(H,37,38)/t27-/m0/s1. The molecule has 1 aliphatic carbocycles. The summed E-state index contributed by atoms with van der Waals surface area (Å²) >= 11 is 6.58. The Morgan fingerprint density at radius 2 is 1.86 bits per heavy atom. The van der Waals surface area contributed by atoms with Crippen LogP contribution >= 0.6 is 11.6 Å². The summed E-state index contributed by atoms with van der Waals surface area (Å²) in [6.45, 7) is 8.59. The normalized spacial score (nSPS) is 15.1. The molecule has 0 amide bonds. The molecule has 1 saturated carbocycles. The van der Waals surface area contributed by atoms with Gasteiger partial charge in [-0.15, -0.1) is 5.10 Å². The van der Waals surface area contributed by atoms with Gasteiger partial charge in [-0.1, -0.05) is 43.7 Å². The second-order valence-electron chi connectivity index (χ2n) is 11.8. The van der Waals surface area contributed by atoms with Crippen molar-refractivity contribution in [3.63, 3.8) is 0 Å². The van der Waals surface area contributed by atoms with Crippen LogP contribution in [0.1, 0.15) is 67.6 Å². The average molecular weight is 593 g/mol. The number of anilines is 2. The highest BCUT2D eigenvalue weighted by Crippen LogP contribution is 2.55. The number of halogens is 4. The summed E-state index contributed by atoms with van der Waals surface area (Å²) < 4.78 is 42.5. The van der Waals surface area contributed by atoms with Crippen LogP contribution in [0.25, 0.3) is 10.9 Å². The number of pyridine rings is 1. The second-order valence-corrected chi connectivity index (χ2v) is 12.2. The molecule has 216 valence electrons. The monoisotopic (exact) mass is 592 g/mol. The first-order valence-electron chi connectivity index (χ1n) is 13.3. The van der Waals surface area contributed by atoms with Crippen molar-refractivity contribution >= 4 is 33.9 Å². The highest BCUT2D eigenvalue weighted by Gasteiger charge is 2.66. The second kappa shape index (κ2) is 10.5. The largest absolute Gasteiger partial charge is 0.413 e. The number of benzene rings is 2. The summed E-state index contributed by atoms with van der Waals surface area (Å²) in [5.74, 6) is 0. The maximum absolute atomic E-state index is 13.9. The molecule has 2 aromatic carbocycles. The summed E-state index contributed by atoms with van der Waals surface area (Å²) in [6.07, 6.45) is -1.80. The van der Waals surface area contributed by atoms with Crippen molar-refractivity contribution in [2.75, 3.05) is 17.2 Å². The summed E-state index contributed by atoms with van der Waals surface area (Å²) in [6, 6.07) is 12.0. The fourth-order valence-corrected chi connectivity index (χ4v) is 5.14. The number of nitrogens with zero attached hydrogens (tertiary/aromatic N) is 6. The van der Waals surface area contributed by atoms with Crippen LogP contribution in [0.4, 0.5) is 24.5 Å². The predicted molar refractivity (Wildman–Crippen MR) is 154 cm³/mol. The predicted octanol–water partition coefficient (Wildman–Crippen LogP) is 7.24. The van der Waals surface area contributed by atoms with Crippen LogP contribution in [-0.2, 0) is 5.54 Å². The van der Waals surface area contributed by atoms with Crippen LogP contribution in [-0.4, -0.2) is 32.7 Å². The van der Waals surface area contributed by atoms with Gasteiger partial charge in [-0.2, -0.15) is 23.7 Å². The first kappa shape index (κ1) is 29.2. The molecule has 0 saturated heterocycles. The quantitative estimate of drug-likeness (QED) is 0.232. The van der Waals surface area contributed by atoms with E-state index in [0.29, 0.717) is 50.5 Å². The van der Waals surface area contributed by atoms with Crippen molar-refractivity contribution < 1.29 is 13.2 Å². The zero-order chi connectivity index (χ0) is 30.4. The van der Waals surface area contributed by atoms with Gasteiger partial charge in [0.25, 0.3) is 0 Å². The average Bonchev–Trinajstić information content (AvgIpc) is 3.61. The Morgan fingerprint density at radius 3 is 2.45 bits per heavy atom. The molecule has 1 aliphatic rings. The van der Waals surface area contributed by atoms with E-state index < -0.39 is 17.8 Å². The Labute approximate surface area is 246 Å². The van der Waals surface area contributed by atoms with Crippen LogP contribution in [0, 0.1) is 35.0 Å². The summed E-state index contributed by atoms with van der Waals surface area (Å²) in [5, 5.41) is 35.0. The molecule has 42 heavy (non-hydrogen) atoms. The van der Waals surface area contributed by atoms with Gasteiger partial charge < -0.3 is 10.6 Å². The number of rotatable bonds is 7. The molecule has 2 heterocycles. The van der Waals surface area contributed by atoms with Crippen LogP contribution in [0.2, 0.25) is 5.02 Å². The fraction of sp³-hybridized carbons (Fsp3) is 0.367. The van der Waals surface area contributed by atoms with Crippen molar-refractivity contribution in [3.8, 4) is 12.1 Å². The van der Waals surface area contributed by atoms with E-state index >= 15 is 0 Å². The van der Waals surface area contributed by atoms with Crippen molar-refractivity contribution in [1.82, 2.24) is 20.0 Å². The zero-order valence-electron chi connectivity index (χ0n) is 23.4. The van der Waals surface area contributed by atoms with Crippen molar-refractivity contribution in [1.29, 1.82) is 10.5 Å². The summed E-state index contributed by atoms with van der Waals surface area (Å²) in [4.78, 5) is 4.56. The Bertz CT molecular complexity index is 1750. The molecule has 4 aromatic rings. The molecule has 1 fully saturated rings. The minimum atomic E-state index is -4.47. The third kappa shape index (κ3) is 5.45. The van der Waals surface area contributed by atoms with E-state index in [1.165, 1.54) is 12.4 Å². The number of hydrogen-bond donors (Lipinski definition) is 2. The van der Waals surface area contributed by atoms with Gasteiger partial charge in [0.2, 0.25) is 0 Å². The molecule has 0 spiro atoms. The van der Waals surface area contributed by atoms with Crippen LogP contribution in [0.15, 0.2) is 42.7 Å². The number of aromatic nitrogens is 4. The molecular formula is C30H28ClF3N8. The third-order valence-electron chi connectivity index (χ3n) is 7.36. The highest BCUT2D eigenvalue weighted by atomic mass is 35.5. The van der Waals surface area contributed by atoms with E-state index in [-0.39, 0.29) is 24.0 Å². The molecule has 5 rings (SSSR count). The van der Waals surface area contributed by atoms with Crippen molar-refractivity contribution in [2.45, 2.75) is 58.3 Å². The first-order chi connectivity index (χ1) is 19.8. The molecule has 0 radical (unpaired) electrons. The number of alkyl halides is 3. The Kier molecular flexibility index (Phi) is 7.28. The Hall–Kier alpha value is -4.35. The number of aryl methyl sites for hydroxylation is 1. The van der Waals surface area contributed by atoms with Crippen LogP contribution in [0.5, 0.6) is 0 Å². The van der Waals surface area contributed by atoms with E-state index in [9.17, 15) is 23.7 Å². The maximum atomic E-state index is 13.9. The topological polar surface area (TPSA) is 115 Å². The lowest BCUT2D eigenvalue weighted by Crippen LogP contribution is -2.35.